The van der Waals surface area contributed by atoms with Gasteiger partial charge in [0.05, 0.1) is 11.1 Å². The first kappa shape index (κ1) is 20.4. The molecule has 1 aromatic heterocycles. The van der Waals surface area contributed by atoms with E-state index in [1.54, 1.807) is 12.1 Å². The lowest BCUT2D eigenvalue weighted by Gasteiger charge is -2.18. The highest BCUT2D eigenvalue weighted by atomic mass is 32.2. The van der Waals surface area contributed by atoms with E-state index in [1.807, 2.05) is 12.1 Å². The summed E-state index contributed by atoms with van der Waals surface area (Å²) in [5.74, 6) is -0.0428. The minimum atomic E-state index is -4.95. The maximum Gasteiger partial charge on any atom is 0.417 e. The molecule has 30 heavy (non-hydrogen) atoms. The largest absolute Gasteiger partial charge is 0.417 e. The quantitative estimate of drug-likeness (QED) is 0.574. The van der Waals surface area contributed by atoms with Crippen molar-refractivity contribution in [2.45, 2.75) is 23.4 Å². The van der Waals surface area contributed by atoms with Crippen LogP contribution in [0.3, 0.4) is 0 Å². The van der Waals surface area contributed by atoms with Crippen LogP contribution in [-0.4, -0.2) is 42.1 Å². The zero-order chi connectivity index (χ0) is 21.5. The number of aromatic amines is 1. The van der Waals surface area contributed by atoms with E-state index in [2.05, 4.69) is 25.9 Å². The highest BCUT2D eigenvalue weighted by Gasteiger charge is 2.39. The zero-order valence-corrected chi connectivity index (χ0v) is 16.3. The fourth-order valence-corrected chi connectivity index (χ4v) is 4.71. The smallest absolute Gasteiger partial charge is 0.316 e. The van der Waals surface area contributed by atoms with Crippen LogP contribution in [0.2, 0.25) is 0 Å². The van der Waals surface area contributed by atoms with Crippen molar-refractivity contribution in [1.29, 1.82) is 0 Å². The lowest BCUT2D eigenvalue weighted by atomic mass is 9.91. The Labute approximate surface area is 169 Å². The van der Waals surface area contributed by atoms with Gasteiger partial charge in [-0.05, 0) is 46.9 Å². The van der Waals surface area contributed by atoms with Gasteiger partial charge in [-0.2, -0.15) is 18.4 Å². The van der Waals surface area contributed by atoms with E-state index in [0.717, 1.165) is 25.1 Å². The summed E-state index contributed by atoms with van der Waals surface area (Å²) >= 11 is 0. The Kier molecular flexibility index (Phi) is 5.08. The van der Waals surface area contributed by atoms with Gasteiger partial charge in [-0.15, -0.1) is 10.2 Å². The van der Waals surface area contributed by atoms with Crippen molar-refractivity contribution in [3.05, 3.63) is 47.5 Å². The van der Waals surface area contributed by atoms with Gasteiger partial charge in [0.25, 0.3) is 0 Å². The molecule has 12 heteroatoms. The van der Waals surface area contributed by atoms with Gasteiger partial charge in [-0.3, -0.25) is 0 Å². The van der Waals surface area contributed by atoms with Crippen LogP contribution in [-0.2, 0) is 16.2 Å². The number of benzene rings is 2. The maximum absolute atomic E-state index is 13.6. The molecule has 1 aliphatic rings. The molecule has 0 aliphatic carbocycles. The first-order valence-corrected chi connectivity index (χ1v) is 10.5. The predicted octanol–water partition coefficient (Wildman–Crippen LogP) is 2.28. The van der Waals surface area contributed by atoms with Gasteiger partial charge in [0.15, 0.2) is 0 Å². The number of tetrazole rings is 1. The molecule has 8 nitrogen and oxygen atoms in total. The number of nitrogens with one attached hydrogen (secondary N) is 2. The second-order valence-electron chi connectivity index (χ2n) is 6.96. The summed E-state index contributed by atoms with van der Waals surface area (Å²) in [6, 6.07) is 9.14. The van der Waals surface area contributed by atoms with E-state index in [1.165, 1.54) is 6.07 Å². The van der Waals surface area contributed by atoms with E-state index >= 15 is 0 Å². The van der Waals surface area contributed by atoms with Gasteiger partial charge in [-0.25, -0.2) is 13.6 Å². The molecule has 3 aromatic rings. The number of primary sulfonamides is 1. The van der Waals surface area contributed by atoms with Gasteiger partial charge in [0, 0.05) is 6.54 Å². The summed E-state index contributed by atoms with van der Waals surface area (Å²) in [6.45, 7) is 1.66. The summed E-state index contributed by atoms with van der Waals surface area (Å²) in [7, 11) is -4.78. The lowest BCUT2D eigenvalue weighted by Crippen LogP contribution is -2.21. The van der Waals surface area contributed by atoms with E-state index in [-0.39, 0.29) is 22.9 Å². The molecule has 0 saturated carbocycles. The van der Waals surface area contributed by atoms with Crippen LogP contribution >= 0.6 is 0 Å². The molecule has 1 aliphatic heterocycles. The second kappa shape index (κ2) is 7.45. The number of aromatic nitrogens is 4. The number of nitrogens with two attached hydrogens (primary N) is 1. The number of alkyl halides is 3. The molecule has 1 atom stereocenters. The van der Waals surface area contributed by atoms with E-state index in [9.17, 15) is 21.6 Å². The van der Waals surface area contributed by atoms with E-state index in [0.29, 0.717) is 11.6 Å². The number of hydrogen-bond acceptors (Lipinski definition) is 6. The highest BCUT2D eigenvalue weighted by Crippen LogP contribution is 2.43. The molecule has 1 saturated heterocycles. The van der Waals surface area contributed by atoms with Crippen LogP contribution < -0.4 is 10.5 Å². The van der Waals surface area contributed by atoms with Crippen LogP contribution in [0.4, 0.5) is 13.2 Å². The van der Waals surface area contributed by atoms with Crippen LogP contribution in [0.1, 0.15) is 23.5 Å². The van der Waals surface area contributed by atoms with Crippen molar-refractivity contribution in [3.63, 3.8) is 0 Å². The number of nitrogens with zero attached hydrogens (tertiary/aromatic N) is 3. The first-order valence-electron chi connectivity index (χ1n) is 8.98. The molecule has 4 rings (SSSR count). The third-order valence-electron chi connectivity index (χ3n) is 5.05. The maximum atomic E-state index is 13.6. The standard InChI is InChI=1S/C18H17F3N6O2S/c19-18(20,21)14-5-4-13(11-3-1-2-10(8-11)12-6-7-23-9-12)15(16(14)30(22,28)29)17-24-26-27-25-17/h1-5,8,12,23H,6-7,9H2,(H2,22,28,29)(H,24,25,26,27). The fourth-order valence-electron chi connectivity index (χ4n) is 3.73. The molecule has 0 spiro atoms. The fraction of sp³-hybridized carbons (Fsp3) is 0.278. The minimum absolute atomic E-state index is 0.209. The third-order valence-corrected chi connectivity index (χ3v) is 6.04. The molecule has 158 valence electrons. The van der Waals surface area contributed by atoms with Gasteiger partial charge in [0.2, 0.25) is 15.8 Å². The lowest BCUT2D eigenvalue weighted by molar-refractivity contribution is -0.139. The predicted molar refractivity (Wildman–Crippen MR) is 102 cm³/mol. The van der Waals surface area contributed by atoms with Crippen LogP contribution in [0.15, 0.2) is 41.3 Å². The van der Waals surface area contributed by atoms with Gasteiger partial charge >= 0.3 is 6.18 Å². The number of rotatable bonds is 4. The van der Waals surface area contributed by atoms with Crippen LogP contribution in [0.25, 0.3) is 22.5 Å². The molecular formula is C18H17F3N6O2S. The molecule has 0 bridgehead atoms. The van der Waals surface area contributed by atoms with Crippen molar-refractivity contribution in [2.75, 3.05) is 13.1 Å². The molecular weight excluding hydrogens is 421 g/mol. The Morgan fingerprint density at radius 2 is 1.97 bits per heavy atom. The molecule has 4 N–H and O–H groups in total. The van der Waals surface area contributed by atoms with Crippen molar-refractivity contribution >= 4 is 10.0 Å². The summed E-state index contributed by atoms with van der Waals surface area (Å²) in [5, 5.41) is 21.4. The van der Waals surface area contributed by atoms with Crippen molar-refractivity contribution in [3.8, 4) is 22.5 Å². The Hall–Kier alpha value is -2.83. The summed E-state index contributed by atoms with van der Waals surface area (Å²) in [5.41, 5.74) is 0.000130. The average Bonchev–Trinajstić information content (AvgIpc) is 3.39. The molecule has 0 amide bonds. The molecule has 0 radical (unpaired) electrons. The number of hydrogen-bond donors (Lipinski definition) is 3. The molecule has 2 heterocycles. The summed E-state index contributed by atoms with van der Waals surface area (Å²) in [4.78, 5) is -1.08. The van der Waals surface area contributed by atoms with Crippen molar-refractivity contribution < 1.29 is 21.6 Å². The minimum Gasteiger partial charge on any atom is -0.316 e. The summed E-state index contributed by atoms with van der Waals surface area (Å²) in [6.07, 6.45) is -4.02. The Bertz CT molecular complexity index is 1170. The normalized spacial score (nSPS) is 17.4. The van der Waals surface area contributed by atoms with Gasteiger partial charge < -0.3 is 5.32 Å². The second-order valence-corrected chi connectivity index (χ2v) is 8.46. The monoisotopic (exact) mass is 438 g/mol. The van der Waals surface area contributed by atoms with Crippen molar-refractivity contribution in [1.82, 2.24) is 25.9 Å². The third kappa shape index (κ3) is 3.80. The van der Waals surface area contributed by atoms with E-state index < -0.39 is 26.7 Å². The van der Waals surface area contributed by atoms with Crippen LogP contribution in [0.5, 0.6) is 0 Å². The SMILES string of the molecule is NS(=O)(=O)c1c(C(F)(F)F)ccc(-c2cccc(C3CCNC3)c2)c1-c1nn[nH]n1. The Morgan fingerprint density at radius 3 is 2.57 bits per heavy atom. The summed E-state index contributed by atoms with van der Waals surface area (Å²) < 4.78 is 65.4. The average molecular weight is 438 g/mol. The Balaban J connectivity index is 2.01. The highest BCUT2D eigenvalue weighted by molar-refractivity contribution is 7.89. The zero-order valence-electron chi connectivity index (χ0n) is 15.4. The molecule has 2 aromatic carbocycles. The first-order chi connectivity index (χ1) is 14.2. The molecule has 1 fully saturated rings. The van der Waals surface area contributed by atoms with Gasteiger partial charge in [-0.1, -0.05) is 30.3 Å². The number of halogens is 3. The van der Waals surface area contributed by atoms with Crippen LogP contribution in [0, 0.1) is 0 Å². The van der Waals surface area contributed by atoms with Gasteiger partial charge in [0.1, 0.15) is 4.90 Å². The number of sulfonamides is 1. The topological polar surface area (TPSA) is 127 Å². The molecule has 1 unspecified atom stereocenters. The Morgan fingerprint density at radius 1 is 1.17 bits per heavy atom. The van der Waals surface area contributed by atoms with E-state index in [4.69, 9.17) is 5.14 Å². The number of H-pyrrole nitrogens is 1. The van der Waals surface area contributed by atoms with Crippen molar-refractivity contribution in [2.24, 2.45) is 5.14 Å².